The highest BCUT2D eigenvalue weighted by atomic mass is 16.5. The zero-order valence-corrected chi connectivity index (χ0v) is 37.0. The number of ether oxygens (including phenoxy) is 1. The third-order valence-corrected chi connectivity index (χ3v) is 15.7. The minimum atomic E-state index is -1.16. The summed E-state index contributed by atoms with van der Waals surface area (Å²) in [6.07, 6.45) is 9.80. The van der Waals surface area contributed by atoms with E-state index in [0.29, 0.717) is 24.0 Å². The summed E-state index contributed by atoms with van der Waals surface area (Å²) < 4.78 is 5.60. The molecule has 0 unspecified atom stereocenters. The smallest absolute Gasteiger partial charge is 0.317 e. The van der Waals surface area contributed by atoms with Crippen molar-refractivity contribution in [2.24, 2.45) is 17.3 Å². The van der Waals surface area contributed by atoms with Gasteiger partial charge in [-0.25, -0.2) is 0 Å². The van der Waals surface area contributed by atoms with Crippen LogP contribution >= 0.6 is 0 Å². The van der Waals surface area contributed by atoms with Crippen molar-refractivity contribution in [1.82, 2.24) is 9.80 Å². The molecule has 0 spiro atoms. The van der Waals surface area contributed by atoms with Crippen LogP contribution in [0.2, 0.25) is 0 Å². The molecule has 0 aromatic heterocycles. The second-order valence-electron chi connectivity index (χ2n) is 20.5. The Hall–Kier alpha value is -2.12. The fourth-order valence-corrected chi connectivity index (χ4v) is 10.8. The van der Waals surface area contributed by atoms with E-state index in [2.05, 4.69) is 133 Å². The Morgan fingerprint density at radius 3 is 1.42 bits per heavy atom. The number of hydrogen-bond acceptors (Lipinski definition) is 6. The van der Waals surface area contributed by atoms with Crippen LogP contribution in [0, 0.1) is 17.3 Å². The second-order valence-corrected chi connectivity index (χ2v) is 20.5. The SMILES string of the molecule is CCC(C)(CC)c1cc(CC(CCCOC(=O)CC(=O)O)(C2CC(C)(C)N(C)C(C)(C)C2)C2CC(C)(C)N(C)C(C)(C)C2)cc(C(C)(CC)CC)c1O. The molecule has 3 rings (SSSR count). The molecular weight excluding hydrogens is 661 g/mol. The number of phenolic OH excluding ortho intramolecular Hbond substituents is 1. The summed E-state index contributed by atoms with van der Waals surface area (Å²) in [5.41, 5.74) is 2.87. The predicted molar refractivity (Wildman–Crippen MR) is 220 cm³/mol. The number of phenols is 1. The number of carboxylic acid groups (broad SMARTS) is 1. The molecule has 0 atom stereocenters. The van der Waals surface area contributed by atoms with Crippen molar-refractivity contribution < 1.29 is 24.5 Å². The van der Waals surface area contributed by atoms with Crippen molar-refractivity contribution in [3.63, 3.8) is 0 Å². The second kappa shape index (κ2) is 16.2. The molecule has 0 aliphatic carbocycles. The van der Waals surface area contributed by atoms with Crippen molar-refractivity contribution >= 4 is 11.9 Å². The zero-order valence-electron chi connectivity index (χ0n) is 37.0. The number of carboxylic acids is 1. The number of carbonyl (C=O) groups excluding carboxylic acids is 1. The molecule has 304 valence electrons. The Morgan fingerprint density at radius 2 is 1.09 bits per heavy atom. The summed E-state index contributed by atoms with van der Waals surface area (Å²) in [6.45, 7) is 33.0. The van der Waals surface area contributed by atoms with Crippen LogP contribution in [0.4, 0.5) is 0 Å². The van der Waals surface area contributed by atoms with Crippen LogP contribution in [0.1, 0.15) is 184 Å². The zero-order chi connectivity index (χ0) is 40.6. The molecule has 0 saturated carbocycles. The lowest BCUT2D eigenvalue weighted by molar-refractivity contribution is -0.152. The van der Waals surface area contributed by atoms with Crippen LogP contribution in [0.25, 0.3) is 0 Å². The molecule has 2 N–H and O–H groups in total. The van der Waals surface area contributed by atoms with Gasteiger partial charge >= 0.3 is 11.9 Å². The highest BCUT2D eigenvalue weighted by Crippen LogP contribution is 2.59. The van der Waals surface area contributed by atoms with Crippen molar-refractivity contribution in [3.8, 4) is 5.75 Å². The molecule has 7 nitrogen and oxygen atoms in total. The number of piperidine rings is 2. The highest BCUT2D eigenvalue weighted by Gasteiger charge is 2.57. The average molecular weight is 741 g/mol. The molecule has 2 fully saturated rings. The number of carbonyl (C=O) groups is 2. The minimum absolute atomic E-state index is 0.0284. The number of aromatic hydroxyl groups is 1. The van der Waals surface area contributed by atoms with E-state index in [4.69, 9.17) is 4.74 Å². The van der Waals surface area contributed by atoms with Crippen LogP contribution in [-0.4, -0.2) is 74.8 Å². The first-order valence-electron chi connectivity index (χ1n) is 20.9. The van der Waals surface area contributed by atoms with E-state index < -0.39 is 18.4 Å². The van der Waals surface area contributed by atoms with E-state index in [1.807, 2.05) is 0 Å². The minimum Gasteiger partial charge on any atom is -0.507 e. The maximum atomic E-state index is 12.5. The molecule has 1 aromatic rings. The van der Waals surface area contributed by atoms with Gasteiger partial charge in [-0.2, -0.15) is 0 Å². The van der Waals surface area contributed by atoms with Crippen molar-refractivity contribution in [1.29, 1.82) is 0 Å². The molecule has 0 amide bonds. The summed E-state index contributed by atoms with van der Waals surface area (Å²) in [6, 6.07) is 4.74. The number of nitrogens with zero attached hydrogens (tertiary/aromatic N) is 2. The van der Waals surface area contributed by atoms with Crippen molar-refractivity contribution in [3.05, 3.63) is 28.8 Å². The van der Waals surface area contributed by atoms with Gasteiger partial charge < -0.3 is 14.9 Å². The van der Waals surface area contributed by atoms with E-state index in [9.17, 15) is 19.8 Å². The van der Waals surface area contributed by atoms with Gasteiger partial charge in [-0.3, -0.25) is 19.4 Å². The lowest BCUT2D eigenvalue weighted by atomic mass is 9.50. The molecule has 2 saturated heterocycles. The first-order chi connectivity index (χ1) is 24.2. The first kappa shape index (κ1) is 45.3. The summed E-state index contributed by atoms with van der Waals surface area (Å²) >= 11 is 0. The Kier molecular flexibility index (Phi) is 13.8. The topological polar surface area (TPSA) is 90.3 Å². The standard InChI is InChI=1S/C46H80N2O5/c1-17-44(13,18-2)35-24-32(25-36(39(35)52)45(14,19-3)20-4)27-46(22-21-23-53-38(51)26-37(49)50,33-28-40(5,6)47(15)41(7,8)29-33)34-30-42(9,10)48(16)43(11,12)31-34/h24-25,33-34,52H,17-23,26-31H2,1-16H3,(H,49,50). The Bertz CT molecular complexity index is 1320. The predicted octanol–water partition coefficient (Wildman–Crippen LogP) is 10.7. The molecule has 1 aromatic carbocycles. The van der Waals surface area contributed by atoms with Gasteiger partial charge in [0, 0.05) is 33.3 Å². The number of rotatable bonds is 16. The van der Waals surface area contributed by atoms with E-state index in [-0.39, 0.29) is 45.0 Å². The van der Waals surface area contributed by atoms with Gasteiger partial charge in [0.2, 0.25) is 0 Å². The molecule has 7 heteroatoms. The number of aliphatic carboxylic acids is 1. The van der Waals surface area contributed by atoms with E-state index in [0.717, 1.165) is 75.3 Å². The van der Waals surface area contributed by atoms with Crippen molar-refractivity contribution in [2.75, 3.05) is 20.7 Å². The lowest BCUT2D eigenvalue weighted by Crippen LogP contribution is -2.65. The van der Waals surface area contributed by atoms with Crippen molar-refractivity contribution in [2.45, 2.75) is 207 Å². The molecule has 2 aliphatic heterocycles. The van der Waals surface area contributed by atoms with Crippen LogP contribution in [-0.2, 0) is 31.6 Å². The number of esters is 1. The maximum Gasteiger partial charge on any atom is 0.317 e. The number of hydrogen-bond donors (Lipinski definition) is 2. The molecular formula is C46H80N2O5. The normalized spacial score (nSPS) is 21.4. The fraction of sp³-hybridized carbons (Fsp3) is 0.826. The number of likely N-dealkylation sites (tertiary alicyclic amines) is 2. The van der Waals surface area contributed by atoms with Gasteiger partial charge in [0.1, 0.15) is 12.2 Å². The Labute approximate surface area is 325 Å². The lowest BCUT2D eigenvalue weighted by Gasteiger charge is -2.63. The molecule has 53 heavy (non-hydrogen) atoms. The monoisotopic (exact) mass is 741 g/mol. The van der Waals surface area contributed by atoms with Gasteiger partial charge in [-0.05, 0) is 174 Å². The molecule has 0 radical (unpaired) electrons. The van der Waals surface area contributed by atoms with Crippen LogP contribution < -0.4 is 0 Å². The largest absolute Gasteiger partial charge is 0.507 e. The molecule has 0 bridgehead atoms. The quantitative estimate of drug-likeness (QED) is 0.0990. The maximum absolute atomic E-state index is 12.5. The van der Waals surface area contributed by atoms with Gasteiger partial charge in [-0.1, -0.05) is 53.7 Å². The summed E-state index contributed by atoms with van der Waals surface area (Å²) in [4.78, 5) is 28.9. The van der Waals surface area contributed by atoms with Crippen LogP contribution in [0.5, 0.6) is 5.75 Å². The van der Waals surface area contributed by atoms with E-state index in [1.54, 1.807) is 0 Å². The highest BCUT2D eigenvalue weighted by molar-refractivity contribution is 5.90. The summed E-state index contributed by atoms with van der Waals surface area (Å²) in [7, 11) is 4.57. The third-order valence-electron chi connectivity index (χ3n) is 15.7. The molecule has 2 heterocycles. The summed E-state index contributed by atoms with van der Waals surface area (Å²) in [5.74, 6) is -0.591. The Morgan fingerprint density at radius 1 is 0.736 bits per heavy atom. The average Bonchev–Trinajstić information content (AvgIpc) is 3.06. The third kappa shape index (κ3) is 9.30. The molecule has 2 aliphatic rings. The van der Waals surface area contributed by atoms with Gasteiger partial charge in [0.25, 0.3) is 0 Å². The fourth-order valence-electron chi connectivity index (χ4n) is 10.8. The van der Waals surface area contributed by atoms with E-state index >= 15 is 0 Å². The number of benzene rings is 1. The van der Waals surface area contributed by atoms with Crippen LogP contribution in [0.3, 0.4) is 0 Å². The van der Waals surface area contributed by atoms with Gasteiger partial charge in [0.15, 0.2) is 0 Å². The first-order valence-corrected chi connectivity index (χ1v) is 20.9. The van der Waals surface area contributed by atoms with Gasteiger partial charge in [-0.15, -0.1) is 0 Å². The Balaban J connectivity index is 2.41. The van der Waals surface area contributed by atoms with Gasteiger partial charge in [0.05, 0.1) is 6.61 Å². The van der Waals surface area contributed by atoms with Crippen LogP contribution in [0.15, 0.2) is 12.1 Å². The van der Waals surface area contributed by atoms with E-state index in [1.165, 1.54) is 5.56 Å². The summed E-state index contributed by atoms with van der Waals surface area (Å²) in [5, 5.41) is 21.5.